The van der Waals surface area contributed by atoms with Crippen molar-refractivity contribution >= 4 is 56.1 Å². The van der Waals surface area contributed by atoms with Crippen LogP contribution in [0.4, 0.5) is 0 Å². The summed E-state index contributed by atoms with van der Waals surface area (Å²) in [5.74, 6) is 2.35. The highest BCUT2D eigenvalue weighted by Crippen LogP contribution is 2.84. The van der Waals surface area contributed by atoms with Gasteiger partial charge in [-0.2, -0.15) is 26.2 Å². The Labute approximate surface area is 387 Å². The first-order valence-electron chi connectivity index (χ1n) is 20.5. The minimum Gasteiger partial charge on any atom is -0.508 e. The molecule has 0 radical (unpaired) electrons. The molecule has 0 fully saturated rings. The van der Waals surface area contributed by atoms with E-state index in [0.29, 0.717) is 17.2 Å². The van der Waals surface area contributed by atoms with E-state index < -0.39 is 20.7 Å². The van der Waals surface area contributed by atoms with Gasteiger partial charge in [-0.3, -0.25) is 0 Å². The van der Waals surface area contributed by atoms with E-state index in [1.807, 2.05) is 73.2 Å². The molecule has 8 nitrogen and oxygen atoms in total. The maximum atomic E-state index is 9.91. The van der Waals surface area contributed by atoms with Crippen molar-refractivity contribution in [3.8, 4) is 28.7 Å². The zero-order valence-electron chi connectivity index (χ0n) is 37.1. The van der Waals surface area contributed by atoms with Crippen LogP contribution in [0.1, 0.15) is 80.5 Å². The molecule has 330 valence electrons. The Kier molecular flexibility index (Phi) is 13.8. The average molecular weight is 956 g/mol. The van der Waals surface area contributed by atoms with Crippen molar-refractivity contribution in [2.24, 2.45) is 13.5 Å². The Balaban J connectivity index is 1.28. The molecule has 0 saturated heterocycles. The van der Waals surface area contributed by atoms with E-state index in [2.05, 4.69) is 109 Å². The maximum Gasteiger partial charge on any atom is 0.317 e. The summed E-state index contributed by atoms with van der Waals surface area (Å²) < 4.78 is 37.2. The van der Waals surface area contributed by atoms with Gasteiger partial charge < -0.3 is 23.8 Å². The Hall–Kier alpha value is -3.94. The number of phenolic OH excluding ortho intramolecular Hbond substituents is 2. The van der Waals surface area contributed by atoms with Gasteiger partial charge in [0.15, 0.2) is 0 Å². The van der Waals surface area contributed by atoms with Gasteiger partial charge in [-0.25, -0.2) is 0 Å². The molecule has 1 aliphatic rings. The van der Waals surface area contributed by atoms with Crippen molar-refractivity contribution < 1.29 is 23.8 Å². The zero-order valence-corrected chi connectivity index (χ0v) is 42.3. The summed E-state index contributed by atoms with van der Waals surface area (Å²) in [6.07, 6.45) is 3.95. The number of aryl methyl sites for hydroxylation is 1. The molecule has 14 heteroatoms. The summed E-state index contributed by atoms with van der Waals surface area (Å²) in [6, 6.07) is 47.7. The first kappa shape index (κ1) is 47.0. The van der Waals surface area contributed by atoms with E-state index in [1.165, 1.54) is 33.9 Å². The van der Waals surface area contributed by atoms with Crippen LogP contribution in [0.2, 0.25) is 0 Å². The standard InChI is InChI=1S/C49H56N3O5P3S3/c1-35-10-12-36(13-11-35)47(2,3)40-20-30-45(31-21-40)56-59(62-8)50-58(34-61,55-44-28-18-39(19-29-44)48(4,5)37-14-24-42(53)25-15-37)51-60(52-59,63-9)57-46-32-22-41(23-33-46)49(6,7)38-16-26-43(54)27-17-38/h10-33,53-54,61H,34H2,1-9H3. The predicted octanol–water partition coefficient (Wildman–Crippen LogP) is 16.5. The topological polar surface area (TPSA) is 105 Å². The van der Waals surface area contributed by atoms with E-state index in [1.54, 1.807) is 24.3 Å². The first-order valence-corrected chi connectivity index (χ1v) is 29.9. The molecule has 0 aliphatic carbocycles. The summed E-state index contributed by atoms with van der Waals surface area (Å²) in [6.45, 7) is 8.97. The van der Waals surface area contributed by atoms with Crippen LogP contribution in [0.5, 0.6) is 28.7 Å². The van der Waals surface area contributed by atoms with Gasteiger partial charge in [-0.05, 0) is 113 Å². The first-order chi connectivity index (χ1) is 29.9. The van der Waals surface area contributed by atoms with Crippen LogP contribution in [-0.4, -0.2) is 28.2 Å². The second kappa shape index (κ2) is 18.5. The number of benzene rings is 6. The third kappa shape index (κ3) is 10.2. The van der Waals surface area contributed by atoms with Crippen molar-refractivity contribution in [2.75, 3.05) is 18.0 Å². The fourth-order valence-electron chi connectivity index (χ4n) is 7.43. The Bertz CT molecular complexity index is 2410. The van der Waals surface area contributed by atoms with Gasteiger partial charge in [0, 0.05) is 16.2 Å². The fourth-order valence-corrected chi connectivity index (χ4v) is 25.8. The summed E-state index contributed by atoms with van der Waals surface area (Å²) in [5, 5.41) is 19.8. The minimum atomic E-state index is -3.14. The molecule has 1 aliphatic heterocycles. The van der Waals surface area contributed by atoms with Gasteiger partial charge in [0.25, 0.3) is 7.43 Å². The second-order valence-electron chi connectivity index (χ2n) is 17.1. The highest BCUT2D eigenvalue weighted by Gasteiger charge is 2.42. The molecule has 0 saturated carbocycles. The van der Waals surface area contributed by atoms with Crippen LogP contribution in [0.25, 0.3) is 0 Å². The number of thiol groups is 1. The zero-order chi connectivity index (χ0) is 45.3. The SMILES string of the molecule is CSP1(Oc2ccc(C(C)(C)c3ccc(O)cc3)cc2)=NP(CS)(Oc2ccc(C(C)(C)c3ccc(O)cc3)cc2)=NP(Oc2ccc(C(C)(C)c3ccc(C)cc3)cc2)(SC)=N1. The number of aromatic hydroxyl groups is 2. The van der Waals surface area contributed by atoms with E-state index in [0.717, 1.165) is 27.8 Å². The van der Waals surface area contributed by atoms with Crippen LogP contribution in [-0.2, 0) is 16.2 Å². The average Bonchev–Trinajstić information content (AvgIpc) is 3.27. The lowest BCUT2D eigenvalue weighted by atomic mass is 9.78. The highest BCUT2D eigenvalue weighted by molar-refractivity contribution is 8.62. The predicted molar refractivity (Wildman–Crippen MR) is 274 cm³/mol. The number of rotatable bonds is 15. The van der Waals surface area contributed by atoms with Gasteiger partial charge in [0.05, 0.1) is 5.49 Å². The number of hydrogen-bond acceptors (Lipinski definition) is 11. The minimum absolute atomic E-state index is 0.212. The van der Waals surface area contributed by atoms with Crippen LogP contribution in [0.3, 0.4) is 0 Å². The molecule has 0 spiro atoms. The maximum absolute atomic E-state index is 9.91. The molecule has 3 unspecified atom stereocenters. The Morgan fingerprint density at radius 2 is 0.730 bits per heavy atom. The van der Waals surface area contributed by atoms with E-state index in [4.69, 9.17) is 39.7 Å². The summed E-state index contributed by atoms with van der Waals surface area (Å²) in [7, 11) is -3.14. The normalized spacial score (nSPS) is 20.2. The van der Waals surface area contributed by atoms with Gasteiger partial charge in [0.1, 0.15) is 28.7 Å². The summed E-state index contributed by atoms with van der Waals surface area (Å²) in [4.78, 5) is 0. The van der Waals surface area contributed by atoms with E-state index in [-0.39, 0.29) is 33.2 Å². The van der Waals surface area contributed by atoms with Crippen molar-refractivity contribution in [3.05, 3.63) is 185 Å². The van der Waals surface area contributed by atoms with Crippen LogP contribution in [0.15, 0.2) is 159 Å². The van der Waals surface area contributed by atoms with Crippen LogP contribution in [0, 0.1) is 6.92 Å². The van der Waals surface area contributed by atoms with Crippen molar-refractivity contribution in [3.63, 3.8) is 0 Å². The van der Waals surface area contributed by atoms with E-state index in [9.17, 15) is 10.2 Å². The van der Waals surface area contributed by atoms with Gasteiger partial charge in [-0.1, -0.05) is 155 Å². The van der Waals surface area contributed by atoms with Crippen molar-refractivity contribution in [2.45, 2.75) is 64.7 Å². The van der Waals surface area contributed by atoms with Crippen LogP contribution >= 0.6 is 56.1 Å². The van der Waals surface area contributed by atoms with Gasteiger partial charge >= 0.3 is 13.3 Å². The molecule has 7 rings (SSSR count). The number of hydrogen-bond donors (Lipinski definition) is 3. The summed E-state index contributed by atoms with van der Waals surface area (Å²) in [5.41, 5.74) is 7.27. The molecule has 0 bridgehead atoms. The fraction of sp³-hybridized carbons (Fsp3) is 0.265. The number of nitrogens with zero attached hydrogens (tertiary/aromatic N) is 3. The van der Waals surface area contributed by atoms with Crippen LogP contribution < -0.4 is 13.6 Å². The third-order valence-corrected chi connectivity index (χ3v) is 27.4. The molecular weight excluding hydrogens is 900 g/mol. The van der Waals surface area contributed by atoms with E-state index >= 15 is 0 Å². The molecule has 6 aromatic rings. The third-order valence-electron chi connectivity index (χ3n) is 11.8. The number of phenols is 2. The molecule has 6 aromatic carbocycles. The Morgan fingerprint density at radius 1 is 0.444 bits per heavy atom. The van der Waals surface area contributed by atoms with Gasteiger partial charge in [-0.15, -0.1) is 0 Å². The molecule has 0 amide bonds. The lowest BCUT2D eigenvalue weighted by molar-refractivity contribution is 0.474. The largest absolute Gasteiger partial charge is 0.508 e. The quantitative estimate of drug-likeness (QED) is 0.0695. The molecular formula is C49H56N3O5P3S3. The molecule has 2 N–H and O–H groups in total. The molecule has 0 aromatic heterocycles. The monoisotopic (exact) mass is 955 g/mol. The molecule has 3 atom stereocenters. The Morgan fingerprint density at radius 3 is 1.05 bits per heavy atom. The lowest BCUT2D eigenvalue weighted by Gasteiger charge is -2.33. The second-order valence-corrected chi connectivity index (χ2v) is 30.0. The van der Waals surface area contributed by atoms with Crippen molar-refractivity contribution in [1.82, 2.24) is 0 Å². The molecule has 1 heterocycles. The highest BCUT2D eigenvalue weighted by atomic mass is 32.7. The molecule has 63 heavy (non-hydrogen) atoms. The lowest BCUT2D eigenvalue weighted by Crippen LogP contribution is -2.18. The smallest absolute Gasteiger partial charge is 0.317 e. The van der Waals surface area contributed by atoms with Crippen molar-refractivity contribution in [1.29, 1.82) is 0 Å². The van der Waals surface area contributed by atoms with Gasteiger partial charge in [0.2, 0.25) is 0 Å². The summed E-state index contributed by atoms with van der Waals surface area (Å²) >= 11 is 7.86.